The molecule has 0 N–H and O–H groups in total. The lowest BCUT2D eigenvalue weighted by Gasteiger charge is -2.33. The highest BCUT2D eigenvalue weighted by Gasteiger charge is 2.25. The van der Waals surface area contributed by atoms with E-state index in [1.165, 1.54) is 12.0 Å². The van der Waals surface area contributed by atoms with Gasteiger partial charge in [-0.05, 0) is 37.1 Å². The third-order valence-corrected chi connectivity index (χ3v) is 5.73. The summed E-state index contributed by atoms with van der Waals surface area (Å²) in [5, 5.41) is 0. The number of thioether (sulfide) groups is 1. The van der Waals surface area contributed by atoms with Crippen molar-refractivity contribution in [1.82, 2.24) is 9.47 Å². The lowest BCUT2D eigenvalue weighted by molar-refractivity contribution is -0.132. The number of carbonyl (C=O) groups excluding carboxylic acids is 2. The van der Waals surface area contributed by atoms with Crippen LogP contribution in [0.2, 0.25) is 0 Å². The van der Waals surface area contributed by atoms with Crippen LogP contribution in [0.3, 0.4) is 0 Å². The van der Waals surface area contributed by atoms with E-state index in [1.807, 2.05) is 39.9 Å². The van der Waals surface area contributed by atoms with Crippen LogP contribution in [0.4, 0.5) is 0 Å². The molecule has 0 aliphatic carbocycles. The maximum atomic E-state index is 12.4. The Hall–Kier alpha value is -2.21. The van der Waals surface area contributed by atoms with Crippen molar-refractivity contribution in [3.05, 3.63) is 54.4 Å². The number of piperidine rings is 1. The molecule has 0 saturated carbocycles. The van der Waals surface area contributed by atoms with Gasteiger partial charge >= 0.3 is 5.97 Å². The summed E-state index contributed by atoms with van der Waals surface area (Å²) in [5.74, 6) is 0.700. The molecule has 0 bridgehead atoms. The van der Waals surface area contributed by atoms with Crippen molar-refractivity contribution in [2.75, 3.05) is 26.0 Å². The minimum Gasteiger partial charge on any atom is -0.464 e. The largest absolute Gasteiger partial charge is 0.464 e. The van der Waals surface area contributed by atoms with E-state index in [2.05, 4.69) is 12.1 Å². The molecule has 138 valence electrons. The molecule has 26 heavy (non-hydrogen) atoms. The second kappa shape index (κ2) is 8.94. The number of esters is 1. The van der Waals surface area contributed by atoms with E-state index in [1.54, 1.807) is 17.8 Å². The molecule has 0 spiro atoms. The van der Waals surface area contributed by atoms with E-state index in [0.717, 1.165) is 31.7 Å². The Kier molecular flexibility index (Phi) is 6.39. The topological polar surface area (TPSA) is 51.5 Å². The number of hydrogen-bond acceptors (Lipinski definition) is 4. The third kappa shape index (κ3) is 4.49. The number of methoxy groups -OCH3 is 1. The summed E-state index contributed by atoms with van der Waals surface area (Å²) in [6, 6.07) is 14.0. The average Bonchev–Trinajstić information content (AvgIpc) is 3.18. The smallest absolute Gasteiger partial charge is 0.354 e. The van der Waals surface area contributed by atoms with Crippen LogP contribution < -0.4 is 0 Å². The molecule has 0 unspecified atom stereocenters. The summed E-state index contributed by atoms with van der Waals surface area (Å²) in [5.41, 5.74) is 0.580. The van der Waals surface area contributed by atoms with Crippen LogP contribution >= 0.6 is 11.8 Å². The molecule has 3 rings (SSSR count). The maximum absolute atomic E-state index is 12.4. The van der Waals surface area contributed by atoms with Crippen LogP contribution in [-0.2, 0) is 9.53 Å². The fourth-order valence-corrected chi connectivity index (χ4v) is 4.18. The van der Waals surface area contributed by atoms with Crippen LogP contribution in [0.5, 0.6) is 0 Å². The molecule has 1 amide bonds. The van der Waals surface area contributed by atoms with Crippen molar-refractivity contribution < 1.29 is 14.3 Å². The van der Waals surface area contributed by atoms with Crippen molar-refractivity contribution in [2.45, 2.75) is 30.2 Å². The molecule has 1 aliphatic heterocycles. The van der Waals surface area contributed by atoms with E-state index >= 15 is 0 Å². The van der Waals surface area contributed by atoms with Gasteiger partial charge in [-0.15, -0.1) is 11.8 Å². The average molecular weight is 372 g/mol. The Morgan fingerprint density at radius 1 is 1.12 bits per heavy atom. The number of ether oxygens (including phenoxy) is 1. The zero-order chi connectivity index (χ0) is 18.4. The monoisotopic (exact) mass is 372 g/mol. The first kappa shape index (κ1) is 18.6. The SMILES string of the molecule is COC(=O)c1cccn1C1CCN(C(=O)CCSc2ccccc2)CC1. The highest BCUT2D eigenvalue weighted by molar-refractivity contribution is 7.99. The number of amides is 1. The van der Waals surface area contributed by atoms with E-state index in [9.17, 15) is 9.59 Å². The van der Waals surface area contributed by atoms with E-state index in [4.69, 9.17) is 4.74 Å². The molecule has 1 aromatic carbocycles. The molecule has 2 aromatic rings. The molecule has 6 heteroatoms. The Labute approximate surface area is 158 Å². The van der Waals surface area contributed by atoms with Crippen LogP contribution in [-0.4, -0.2) is 47.3 Å². The molecular weight excluding hydrogens is 348 g/mol. The van der Waals surface area contributed by atoms with Gasteiger partial charge in [-0.3, -0.25) is 4.79 Å². The van der Waals surface area contributed by atoms with E-state index in [0.29, 0.717) is 12.1 Å². The molecule has 0 atom stereocenters. The third-order valence-electron chi connectivity index (χ3n) is 4.71. The van der Waals surface area contributed by atoms with Gasteiger partial charge in [0.05, 0.1) is 7.11 Å². The summed E-state index contributed by atoms with van der Waals surface area (Å²) in [4.78, 5) is 27.4. The van der Waals surface area contributed by atoms with Crippen LogP contribution in [0.1, 0.15) is 35.8 Å². The first-order valence-corrected chi connectivity index (χ1v) is 9.88. The number of hydrogen-bond donors (Lipinski definition) is 0. The number of rotatable bonds is 6. The van der Waals surface area contributed by atoms with Gasteiger partial charge in [0.15, 0.2) is 0 Å². The maximum Gasteiger partial charge on any atom is 0.354 e. The molecule has 1 aromatic heterocycles. The fraction of sp³-hybridized carbons (Fsp3) is 0.400. The van der Waals surface area contributed by atoms with Gasteiger partial charge < -0.3 is 14.2 Å². The van der Waals surface area contributed by atoms with Crippen molar-refractivity contribution in [3.63, 3.8) is 0 Å². The zero-order valence-electron chi connectivity index (χ0n) is 15.0. The first-order chi connectivity index (χ1) is 12.7. The molecule has 1 fully saturated rings. The normalized spacial score (nSPS) is 15.0. The number of nitrogens with zero attached hydrogens (tertiary/aromatic N) is 2. The molecular formula is C20H24N2O3S. The lowest BCUT2D eigenvalue weighted by Crippen LogP contribution is -2.39. The van der Waals surface area contributed by atoms with Gasteiger partial charge in [-0.25, -0.2) is 4.79 Å². The van der Waals surface area contributed by atoms with E-state index < -0.39 is 0 Å². The summed E-state index contributed by atoms with van der Waals surface area (Å²) in [6.45, 7) is 1.47. The summed E-state index contributed by atoms with van der Waals surface area (Å²) < 4.78 is 6.82. The van der Waals surface area contributed by atoms with Gasteiger partial charge in [-0.1, -0.05) is 18.2 Å². The molecule has 0 radical (unpaired) electrons. The number of benzene rings is 1. The van der Waals surface area contributed by atoms with Crippen molar-refractivity contribution in [1.29, 1.82) is 0 Å². The van der Waals surface area contributed by atoms with E-state index in [-0.39, 0.29) is 17.9 Å². The Bertz CT molecular complexity index is 737. The van der Waals surface area contributed by atoms with Crippen LogP contribution in [0.15, 0.2) is 53.6 Å². The lowest BCUT2D eigenvalue weighted by atomic mass is 10.0. The second-order valence-electron chi connectivity index (χ2n) is 6.32. The van der Waals surface area contributed by atoms with Gasteiger partial charge in [0.25, 0.3) is 0 Å². The van der Waals surface area contributed by atoms with Gasteiger partial charge in [0.2, 0.25) is 5.91 Å². The molecule has 2 heterocycles. The quantitative estimate of drug-likeness (QED) is 0.574. The number of carbonyl (C=O) groups is 2. The van der Waals surface area contributed by atoms with Crippen molar-refractivity contribution >= 4 is 23.6 Å². The molecule has 1 saturated heterocycles. The minimum atomic E-state index is -0.313. The van der Waals surface area contributed by atoms with Crippen molar-refractivity contribution in [3.8, 4) is 0 Å². The Morgan fingerprint density at radius 3 is 2.54 bits per heavy atom. The number of likely N-dealkylation sites (tertiary alicyclic amines) is 1. The Morgan fingerprint density at radius 2 is 1.85 bits per heavy atom. The Balaban J connectivity index is 1.47. The van der Waals surface area contributed by atoms with Gasteiger partial charge in [0, 0.05) is 42.4 Å². The first-order valence-electron chi connectivity index (χ1n) is 8.90. The van der Waals surface area contributed by atoms with Crippen molar-refractivity contribution in [2.24, 2.45) is 0 Å². The standard InChI is InChI=1S/C20H24N2O3S/c1-25-20(24)18-8-5-12-22(18)16-9-13-21(14-10-16)19(23)11-15-26-17-6-3-2-4-7-17/h2-8,12,16H,9-11,13-15H2,1H3. The predicted molar refractivity (Wildman–Crippen MR) is 102 cm³/mol. The highest BCUT2D eigenvalue weighted by Crippen LogP contribution is 2.26. The summed E-state index contributed by atoms with van der Waals surface area (Å²) in [7, 11) is 1.40. The summed E-state index contributed by atoms with van der Waals surface area (Å²) in [6.07, 6.45) is 4.19. The van der Waals surface area contributed by atoms with Gasteiger partial charge in [-0.2, -0.15) is 0 Å². The predicted octanol–water partition coefficient (Wildman–Crippen LogP) is 3.62. The second-order valence-corrected chi connectivity index (χ2v) is 7.48. The van der Waals surface area contributed by atoms with Crippen LogP contribution in [0.25, 0.3) is 0 Å². The minimum absolute atomic E-state index is 0.215. The fourth-order valence-electron chi connectivity index (χ4n) is 3.31. The molecule has 1 aliphatic rings. The highest BCUT2D eigenvalue weighted by atomic mass is 32.2. The zero-order valence-corrected chi connectivity index (χ0v) is 15.8. The summed E-state index contributed by atoms with van der Waals surface area (Å²) >= 11 is 1.72. The number of aromatic nitrogens is 1. The van der Waals surface area contributed by atoms with Gasteiger partial charge in [0.1, 0.15) is 5.69 Å². The van der Waals surface area contributed by atoms with Crippen LogP contribution in [0, 0.1) is 0 Å². The molecule has 5 nitrogen and oxygen atoms in total.